The topological polar surface area (TPSA) is 46.6 Å². The van der Waals surface area contributed by atoms with E-state index in [1.807, 2.05) is 18.2 Å². The van der Waals surface area contributed by atoms with Gasteiger partial charge in [-0.2, -0.15) is 0 Å². The molecule has 4 nitrogen and oxygen atoms in total. The van der Waals surface area contributed by atoms with Crippen molar-refractivity contribution in [3.63, 3.8) is 0 Å². The first-order valence-electron chi connectivity index (χ1n) is 6.65. The van der Waals surface area contributed by atoms with Gasteiger partial charge in [0.05, 0.1) is 5.02 Å². The maximum atomic E-state index is 12.0. The smallest absolute Gasteiger partial charge is 0.336 e. The van der Waals surface area contributed by atoms with Crippen LogP contribution in [-0.2, 0) is 9.59 Å². The Morgan fingerprint density at radius 2 is 1.74 bits per heavy atom. The van der Waals surface area contributed by atoms with Crippen LogP contribution in [0.25, 0.3) is 0 Å². The van der Waals surface area contributed by atoms with E-state index >= 15 is 0 Å². The van der Waals surface area contributed by atoms with Gasteiger partial charge in [0, 0.05) is 36.0 Å². The van der Waals surface area contributed by atoms with E-state index < -0.39 is 5.97 Å². The zero-order chi connectivity index (χ0) is 16.8. The van der Waals surface area contributed by atoms with Gasteiger partial charge in [0.2, 0.25) is 0 Å². The fourth-order valence-electron chi connectivity index (χ4n) is 1.73. The number of hydrogen-bond acceptors (Lipinski definition) is 3. The quantitative estimate of drug-likeness (QED) is 0.473. The molecule has 1 amide bonds. The molecule has 0 saturated carbocycles. The molecule has 0 bridgehead atoms. The number of nitrogens with zero attached hydrogens (tertiary/aromatic N) is 1. The van der Waals surface area contributed by atoms with Crippen LogP contribution in [0.1, 0.15) is 0 Å². The lowest BCUT2D eigenvalue weighted by Gasteiger charge is -2.14. The number of hydrogen-bond donors (Lipinski definition) is 0. The molecule has 0 aliphatic rings. The highest BCUT2D eigenvalue weighted by molar-refractivity contribution is 6.34. The molecule has 0 atom stereocenters. The number of amides is 1. The number of esters is 1. The Hall–Kier alpha value is -2.30. The van der Waals surface area contributed by atoms with Crippen molar-refractivity contribution in [3.05, 3.63) is 70.7 Å². The first kappa shape index (κ1) is 17.1. The fourth-order valence-corrected chi connectivity index (χ4v) is 2.05. The standard InChI is InChI=1S/C17H13Cl2NO3/c1-20(13-5-3-2-4-6-13)16(21)9-10-17(22)23-15-11-12(18)7-8-14(15)19/h2-11H,1H3/b10-9+. The average Bonchev–Trinajstić information content (AvgIpc) is 2.56. The van der Waals surface area contributed by atoms with Crippen molar-refractivity contribution >= 4 is 40.8 Å². The summed E-state index contributed by atoms with van der Waals surface area (Å²) in [5.74, 6) is -0.938. The number of halogens is 2. The lowest BCUT2D eigenvalue weighted by molar-refractivity contribution is -0.129. The van der Waals surface area contributed by atoms with Crippen molar-refractivity contribution in [1.82, 2.24) is 0 Å². The van der Waals surface area contributed by atoms with Gasteiger partial charge in [-0.05, 0) is 24.3 Å². The normalized spacial score (nSPS) is 10.6. The second-order valence-electron chi connectivity index (χ2n) is 4.56. The minimum atomic E-state index is -0.719. The fraction of sp³-hybridized carbons (Fsp3) is 0.0588. The maximum Gasteiger partial charge on any atom is 0.336 e. The summed E-state index contributed by atoms with van der Waals surface area (Å²) >= 11 is 11.7. The van der Waals surface area contributed by atoms with E-state index in [4.69, 9.17) is 27.9 Å². The van der Waals surface area contributed by atoms with Gasteiger partial charge in [0.15, 0.2) is 5.75 Å². The summed E-state index contributed by atoms with van der Waals surface area (Å²) < 4.78 is 5.05. The third kappa shape index (κ3) is 4.84. The van der Waals surface area contributed by atoms with E-state index in [1.54, 1.807) is 25.2 Å². The summed E-state index contributed by atoms with van der Waals surface area (Å²) in [7, 11) is 1.61. The van der Waals surface area contributed by atoms with Crippen molar-refractivity contribution in [2.45, 2.75) is 0 Å². The number of likely N-dealkylation sites (N-methyl/N-ethyl adjacent to an activating group) is 1. The van der Waals surface area contributed by atoms with Crippen LogP contribution in [0.4, 0.5) is 5.69 Å². The average molecular weight is 350 g/mol. The van der Waals surface area contributed by atoms with Gasteiger partial charge in [0.1, 0.15) is 0 Å². The largest absolute Gasteiger partial charge is 0.422 e. The van der Waals surface area contributed by atoms with Crippen molar-refractivity contribution in [2.75, 3.05) is 11.9 Å². The van der Waals surface area contributed by atoms with Gasteiger partial charge < -0.3 is 9.64 Å². The molecule has 0 saturated heterocycles. The van der Waals surface area contributed by atoms with Crippen LogP contribution in [-0.4, -0.2) is 18.9 Å². The van der Waals surface area contributed by atoms with E-state index in [0.29, 0.717) is 10.7 Å². The van der Waals surface area contributed by atoms with Crippen LogP contribution in [0, 0.1) is 0 Å². The molecule has 23 heavy (non-hydrogen) atoms. The zero-order valence-corrected chi connectivity index (χ0v) is 13.7. The summed E-state index contributed by atoms with van der Waals surface area (Å²) in [4.78, 5) is 25.2. The summed E-state index contributed by atoms with van der Waals surface area (Å²) in [5, 5.41) is 0.643. The number of carbonyl (C=O) groups excluding carboxylic acids is 2. The Kier molecular flexibility index (Phi) is 5.79. The minimum absolute atomic E-state index is 0.137. The van der Waals surface area contributed by atoms with Crippen molar-refractivity contribution in [2.24, 2.45) is 0 Å². The molecule has 6 heteroatoms. The monoisotopic (exact) mass is 349 g/mol. The van der Waals surface area contributed by atoms with Crippen LogP contribution in [0.15, 0.2) is 60.7 Å². The molecule has 2 aromatic rings. The van der Waals surface area contributed by atoms with E-state index in [-0.39, 0.29) is 16.7 Å². The van der Waals surface area contributed by atoms with E-state index in [1.165, 1.54) is 17.0 Å². The summed E-state index contributed by atoms with van der Waals surface area (Å²) in [6.07, 6.45) is 2.17. The van der Waals surface area contributed by atoms with E-state index in [9.17, 15) is 9.59 Å². The van der Waals surface area contributed by atoms with Crippen LogP contribution in [0.3, 0.4) is 0 Å². The van der Waals surface area contributed by atoms with E-state index in [2.05, 4.69) is 0 Å². The molecule has 0 radical (unpaired) electrons. The molecule has 0 aliphatic carbocycles. The van der Waals surface area contributed by atoms with Crippen LogP contribution >= 0.6 is 23.2 Å². The number of anilines is 1. The summed E-state index contributed by atoms with van der Waals surface area (Å²) in [6, 6.07) is 13.6. The first-order valence-corrected chi connectivity index (χ1v) is 7.40. The van der Waals surface area contributed by atoms with Crippen LogP contribution < -0.4 is 9.64 Å². The molecule has 118 valence electrons. The number of carbonyl (C=O) groups is 2. The highest BCUT2D eigenvalue weighted by Crippen LogP contribution is 2.27. The lowest BCUT2D eigenvalue weighted by atomic mass is 10.3. The highest BCUT2D eigenvalue weighted by Gasteiger charge is 2.10. The molecule has 0 fully saturated rings. The Morgan fingerprint density at radius 3 is 2.43 bits per heavy atom. The number of benzene rings is 2. The van der Waals surface area contributed by atoms with E-state index in [0.717, 1.165) is 12.2 Å². The minimum Gasteiger partial charge on any atom is -0.422 e. The van der Waals surface area contributed by atoms with Gasteiger partial charge in [-0.25, -0.2) is 4.79 Å². The second-order valence-corrected chi connectivity index (χ2v) is 5.41. The molecule has 2 aromatic carbocycles. The third-order valence-electron chi connectivity index (χ3n) is 2.94. The van der Waals surface area contributed by atoms with Crippen molar-refractivity contribution in [1.29, 1.82) is 0 Å². The maximum absolute atomic E-state index is 12.0. The molecule has 2 rings (SSSR count). The lowest BCUT2D eigenvalue weighted by Crippen LogP contribution is -2.24. The molecule has 0 aromatic heterocycles. The third-order valence-corrected chi connectivity index (χ3v) is 3.49. The molecular weight excluding hydrogens is 337 g/mol. The molecule has 0 heterocycles. The Bertz CT molecular complexity index is 745. The SMILES string of the molecule is CN(C(=O)/C=C/C(=O)Oc1cc(Cl)ccc1Cl)c1ccccc1. The van der Waals surface area contributed by atoms with Gasteiger partial charge in [-0.1, -0.05) is 41.4 Å². The molecular formula is C17H13Cl2NO3. The summed E-state index contributed by atoms with van der Waals surface area (Å²) in [5.41, 5.74) is 0.716. The predicted octanol–water partition coefficient (Wildman–Crippen LogP) is 4.12. The van der Waals surface area contributed by atoms with Crippen LogP contribution in [0.5, 0.6) is 5.75 Å². The first-order chi connectivity index (χ1) is 11.0. The van der Waals surface area contributed by atoms with Gasteiger partial charge >= 0.3 is 5.97 Å². The molecule has 0 aliphatic heterocycles. The van der Waals surface area contributed by atoms with Gasteiger partial charge in [-0.15, -0.1) is 0 Å². The molecule has 0 N–H and O–H groups in total. The second kappa shape index (κ2) is 7.81. The predicted molar refractivity (Wildman–Crippen MR) is 91.1 cm³/mol. The Balaban J connectivity index is 2.00. The zero-order valence-electron chi connectivity index (χ0n) is 12.2. The van der Waals surface area contributed by atoms with Crippen molar-refractivity contribution < 1.29 is 14.3 Å². The number of rotatable bonds is 4. The Morgan fingerprint density at radius 1 is 1.04 bits per heavy atom. The molecule has 0 unspecified atom stereocenters. The highest BCUT2D eigenvalue weighted by atomic mass is 35.5. The van der Waals surface area contributed by atoms with Crippen LogP contribution in [0.2, 0.25) is 10.0 Å². The Labute approximate surface area is 143 Å². The molecule has 0 spiro atoms. The van der Waals surface area contributed by atoms with Crippen molar-refractivity contribution in [3.8, 4) is 5.75 Å². The number of para-hydroxylation sites is 1. The van der Waals surface area contributed by atoms with Gasteiger partial charge in [0.25, 0.3) is 5.91 Å². The number of ether oxygens (including phenoxy) is 1. The summed E-state index contributed by atoms with van der Waals surface area (Å²) in [6.45, 7) is 0. The van der Waals surface area contributed by atoms with Gasteiger partial charge in [-0.3, -0.25) is 4.79 Å².